The van der Waals surface area contributed by atoms with Crippen LogP contribution in [-0.4, -0.2) is 38.1 Å². The van der Waals surface area contributed by atoms with Crippen LogP contribution in [0.25, 0.3) is 0 Å². The molecule has 2 atom stereocenters. The fraction of sp³-hybridized carbons (Fsp3) is 0.600. The number of amides is 1. The second-order valence-corrected chi connectivity index (χ2v) is 7.21. The zero-order valence-electron chi connectivity index (χ0n) is 15.9. The van der Waals surface area contributed by atoms with Gasteiger partial charge in [-0.15, -0.1) is 0 Å². The summed E-state index contributed by atoms with van der Waals surface area (Å²) in [6.45, 7) is 10.5. The molecule has 1 fully saturated rings. The van der Waals surface area contributed by atoms with Crippen molar-refractivity contribution in [3.63, 3.8) is 0 Å². The smallest absolute Gasteiger partial charge is 0.314 e. The Balaban J connectivity index is 1.98. The highest BCUT2D eigenvalue weighted by molar-refractivity contribution is 5.93. The fourth-order valence-electron chi connectivity index (χ4n) is 3.53. The van der Waals surface area contributed by atoms with Gasteiger partial charge >= 0.3 is 5.97 Å². The third kappa shape index (κ3) is 5.30. The molecule has 1 aromatic rings. The van der Waals surface area contributed by atoms with Gasteiger partial charge in [-0.2, -0.15) is 0 Å². The molecule has 1 unspecified atom stereocenters. The van der Waals surface area contributed by atoms with E-state index in [1.807, 2.05) is 26.0 Å². The normalized spacial score (nSPS) is 20.4. The molecule has 0 radical (unpaired) electrons. The van der Waals surface area contributed by atoms with Gasteiger partial charge in [-0.1, -0.05) is 32.0 Å². The fourth-order valence-corrected chi connectivity index (χ4v) is 3.53. The average molecular weight is 347 g/mol. The van der Waals surface area contributed by atoms with Crippen molar-refractivity contribution in [2.45, 2.75) is 46.5 Å². The summed E-state index contributed by atoms with van der Waals surface area (Å²) in [6.07, 6.45) is 1.81. The molecule has 2 N–H and O–H groups in total. The number of hydrogen-bond acceptors (Lipinski definition) is 3. The standard InChI is InChI=1S/C20H30N2O3/c1-5-25-20(24)16-9-7-11-22(12-16)13-18(23)21-19-15(4)8-6-10-17(19)14(2)3/h6,8,10,14,16H,5,7,9,11-13H2,1-4H3,(H,21,23)/p+1/t16-/m0/s1. The molecule has 1 aliphatic heterocycles. The van der Waals surface area contributed by atoms with Crippen molar-refractivity contribution in [2.24, 2.45) is 5.92 Å². The first-order valence-corrected chi connectivity index (χ1v) is 9.31. The van der Waals surface area contributed by atoms with Gasteiger partial charge < -0.3 is 15.0 Å². The largest absolute Gasteiger partial charge is 0.466 e. The highest BCUT2D eigenvalue weighted by Gasteiger charge is 2.30. The predicted molar refractivity (Wildman–Crippen MR) is 98.8 cm³/mol. The molecule has 0 bridgehead atoms. The zero-order chi connectivity index (χ0) is 18.4. The minimum absolute atomic E-state index is 0.00992. The van der Waals surface area contributed by atoms with E-state index in [2.05, 4.69) is 25.2 Å². The molecule has 0 saturated carbocycles. The number of aryl methyl sites for hydroxylation is 1. The monoisotopic (exact) mass is 347 g/mol. The van der Waals surface area contributed by atoms with Crippen molar-refractivity contribution < 1.29 is 19.2 Å². The maximum absolute atomic E-state index is 12.6. The van der Waals surface area contributed by atoms with Gasteiger partial charge in [0.15, 0.2) is 6.54 Å². The molecule has 1 saturated heterocycles. The van der Waals surface area contributed by atoms with Crippen LogP contribution < -0.4 is 10.2 Å². The SMILES string of the molecule is CCOC(=O)[C@H]1CCC[NH+](CC(=O)Nc2c(C)cccc2C(C)C)C1. The number of carbonyl (C=O) groups is 2. The summed E-state index contributed by atoms with van der Waals surface area (Å²) in [4.78, 5) is 25.7. The van der Waals surface area contributed by atoms with Crippen LogP contribution in [0.4, 0.5) is 5.69 Å². The number of likely N-dealkylation sites (tertiary alicyclic amines) is 1. The minimum Gasteiger partial charge on any atom is -0.466 e. The van der Waals surface area contributed by atoms with Crippen molar-refractivity contribution in [2.75, 3.05) is 31.6 Å². The van der Waals surface area contributed by atoms with Gasteiger partial charge in [-0.05, 0) is 43.7 Å². The molecule has 0 aromatic heterocycles. The van der Waals surface area contributed by atoms with E-state index in [1.54, 1.807) is 0 Å². The summed E-state index contributed by atoms with van der Waals surface area (Å²) in [6, 6.07) is 6.12. The van der Waals surface area contributed by atoms with Crippen molar-refractivity contribution in [3.8, 4) is 0 Å². The number of ether oxygens (including phenoxy) is 1. The van der Waals surface area contributed by atoms with Gasteiger partial charge in [-0.3, -0.25) is 9.59 Å². The molecule has 0 spiro atoms. The summed E-state index contributed by atoms with van der Waals surface area (Å²) in [7, 11) is 0. The number of carbonyl (C=O) groups excluding carboxylic acids is 2. The highest BCUT2D eigenvalue weighted by atomic mass is 16.5. The maximum atomic E-state index is 12.6. The molecule has 5 heteroatoms. The van der Waals surface area contributed by atoms with E-state index in [4.69, 9.17) is 4.74 Å². The van der Waals surface area contributed by atoms with Gasteiger partial charge in [0.25, 0.3) is 5.91 Å². The maximum Gasteiger partial charge on any atom is 0.314 e. The van der Waals surface area contributed by atoms with Crippen LogP contribution in [0, 0.1) is 12.8 Å². The van der Waals surface area contributed by atoms with Gasteiger partial charge in [0.1, 0.15) is 5.92 Å². The second-order valence-electron chi connectivity index (χ2n) is 7.21. The van der Waals surface area contributed by atoms with Gasteiger partial charge in [-0.25, -0.2) is 0 Å². The lowest BCUT2D eigenvalue weighted by Gasteiger charge is -2.28. The summed E-state index contributed by atoms with van der Waals surface area (Å²) in [5.74, 6) is 0.156. The lowest BCUT2D eigenvalue weighted by atomic mass is 9.97. The van der Waals surface area contributed by atoms with Crippen molar-refractivity contribution >= 4 is 17.6 Å². The van der Waals surface area contributed by atoms with E-state index in [1.165, 1.54) is 0 Å². The Hall–Kier alpha value is -1.88. The number of para-hydroxylation sites is 1. The lowest BCUT2D eigenvalue weighted by molar-refractivity contribution is -0.899. The molecule has 1 heterocycles. The van der Waals surface area contributed by atoms with Crippen LogP contribution in [0.3, 0.4) is 0 Å². The Labute approximate surface area is 150 Å². The van der Waals surface area contributed by atoms with Crippen LogP contribution in [0.1, 0.15) is 50.7 Å². The first-order chi connectivity index (χ1) is 11.9. The van der Waals surface area contributed by atoms with E-state index < -0.39 is 0 Å². The van der Waals surface area contributed by atoms with Gasteiger partial charge in [0.05, 0.1) is 19.7 Å². The number of esters is 1. The first kappa shape index (κ1) is 19.4. The Bertz CT molecular complexity index is 613. The number of benzene rings is 1. The second kappa shape index (κ2) is 8.99. The summed E-state index contributed by atoms with van der Waals surface area (Å²) in [5, 5.41) is 3.10. The van der Waals surface area contributed by atoms with Crippen molar-refractivity contribution in [1.82, 2.24) is 0 Å². The molecular weight excluding hydrogens is 316 g/mol. The van der Waals surface area contributed by atoms with Crippen molar-refractivity contribution in [3.05, 3.63) is 29.3 Å². The summed E-state index contributed by atoms with van der Waals surface area (Å²) >= 11 is 0. The molecule has 138 valence electrons. The lowest BCUT2D eigenvalue weighted by Crippen LogP contribution is -3.14. The molecule has 1 aromatic carbocycles. The molecule has 0 aliphatic carbocycles. The number of rotatable bonds is 6. The van der Waals surface area contributed by atoms with Crippen LogP contribution in [0.2, 0.25) is 0 Å². The summed E-state index contributed by atoms with van der Waals surface area (Å²) in [5.41, 5.74) is 3.17. The topological polar surface area (TPSA) is 59.8 Å². The Kier molecular flexibility index (Phi) is 7.00. The third-order valence-corrected chi connectivity index (χ3v) is 4.84. The van der Waals surface area contributed by atoms with Crippen LogP contribution in [0.15, 0.2) is 18.2 Å². The van der Waals surface area contributed by atoms with Crippen molar-refractivity contribution in [1.29, 1.82) is 0 Å². The molecule has 25 heavy (non-hydrogen) atoms. The number of piperidine rings is 1. The van der Waals surface area contributed by atoms with E-state index in [9.17, 15) is 9.59 Å². The minimum atomic E-state index is -0.124. The molecule has 1 amide bonds. The Morgan fingerprint density at radius 3 is 2.80 bits per heavy atom. The van der Waals surface area contributed by atoms with Crippen LogP contribution in [-0.2, 0) is 14.3 Å². The predicted octanol–water partition coefficient (Wildman–Crippen LogP) is 1.91. The van der Waals surface area contributed by atoms with E-state index in [-0.39, 0.29) is 17.8 Å². The van der Waals surface area contributed by atoms with E-state index in [0.29, 0.717) is 25.6 Å². The third-order valence-electron chi connectivity index (χ3n) is 4.84. The number of nitrogens with one attached hydrogen (secondary N) is 2. The molecular formula is C20H31N2O3+. The number of hydrogen-bond donors (Lipinski definition) is 2. The van der Waals surface area contributed by atoms with Crippen LogP contribution in [0.5, 0.6) is 0 Å². The molecule has 2 rings (SSSR count). The zero-order valence-corrected chi connectivity index (χ0v) is 15.9. The van der Waals surface area contributed by atoms with Gasteiger partial charge in [0.2, 0.25) is 0 Å². The Morgan fingerprint density at radius 2 is 2.12 bits per heavy atom. The Morgan fingerprint density at radius 1 is 1.36 bits per heavy atom. The average Bonchev–Trinajstić information content (AvgIpc) is 2.57. The van der Waals surface area contributed by atoms with Gasteiger partial charge in [0, 0.05) is 5.69 Å². The molecule has 5 nitrogen and oxygen atoms in total. The number of anilines is 1. The van der Waals surface area contributed by atoms with E-state index >= 15 is 0 Å². The van der Waals surface area contributed by atoms with E-state index in [0.717, 1.165) is 41.1 Å². The highest BCUT2D eigenvalue weighted by Crippen LogP contribution is 2.27. The molecule has 1 aliphatic rings. The summed E-state index contributed by atoms with van der Waals surface area (Å²) < 4.78 is 5.14. The number of quaternary nitrogens is 1. The van der Waals surface area contributed by atoms with Crippen LogP contribution >= 0.6 is 0 Å². The quantitative estimate of drug-likeness (QED) is 0.773. The first-order valence-electron chi connectivity index (χ1n) is 9.31.